The Morgan fingerprint density at radius 3 is 3.25 bits per heavy atom. The number of hydrogen-bond donors (Lipinski definition) is 2. The van der Waals surface area contributed by atoms with Crippen molar-refractivity contribution in [3.8, 4) is 5.75 Å². The summed E-state index contributed by atoms with van der Waals surface area (Å²) in [6.07, 6.45) is 5.05. The molecule has 84 valence electrons. The van der Waals surface area contributed by atoms with Crippen LogP contribution < -0.4 is 10.5 Å². The molecule has 1 aromatic carbocycles. The highest BCUT2D eigenvalue weighted by atomic mass is 16.5. The fraction of sp³-hybridized carbons (Fsp3) is 0.385. The Hall–Kier alpha value is -1.48. The van der Waals surface area contributed by atoms with Crippen LogP contribution in [0.2, 0.25) is 0 Å². The largest absolute Gasteiger partial charge is 0.493 e. The highest BCUT2D eigenvalue weighted by Gasteiger charge is 2.20. The fourth-order valence-electron chi connectivity index (χ4n) is 2.48. The molecule has 1 aliphatic rings. The van der Waals surface area contributed by atoms with Gasteiger partial charge in [-0.1, -0.05) is 0 Å². The second-order valence-electron chi connectivity index (χ2n) is 4.28. The van der Waals surface area contributed by atoms with Gasteiger partial charge >= 0.3 is 0 Å². The monoisotopic (exact) mass is 216 g/mol. The van der Waals surface area contributed by atoms with Gasteiger partial charge in [-0.05, 0) is 37.1 Å². The van der Waals surface area contributed by atoms with E-state index in [0.29, 0.717) is 0 Å². The van der Waals surface area contributed by atoms with Crippen molar-refractivity contribution in [1.29, 1.82) is 0 Å². The summed E-state index contributed by atoms with van der Waals surface area (Å²) in [7, 11) is 0. The summed E-state index contributed by atoms with van der Waals surface area (Å²) in [5, 5.41) is 1.29. The number of H-pyrrole nitrogens is 1. The molecule has 1 aromatic heterocycles. The lowest BCUT2D eigenvalue weighted by Crippen LogP contribution is -2.01. The lowest BCUT2D eigenvalue weighted by molar-refractivity contribution is 0.353. The highest BCUT2D eigenvalue weighted by Crippen LogP contribution is 2.36. The quantitative estimate of drug-likeness (QED) is 0.824. The summed E-state index contributed by atoms with van der Waals surface area (Å²) in [4.78, 5) is 3.30. The van der Waals surface area contributed by atoms with E-state index in [2.05, 4.69) is 17.1 Å². The molecule has 3 rings (SSSR count). The van der Waals surface area contributed by atoms with Gasteiger partial charge in [0.15, 0.2) is 0 Å². The molecule has 0 saturated carbocycles. The second-order valence-corrected chi connectivity index (χ2v) is 4.28. The molecule has 1 aliphatic heterocycles. The standard InChI is InChI=1S/C13H16N2O/c14-5-1-2-10-8-9-3-6-15-12(9)11-4-7-16-13(10)11/h3,6,8,15H,1-2,4-5,7,14H2. The smallest absolute Gasteiger partial charge is 0.127 e. The van der Waals surface area contributed by atoms with Gasteiger partial charge in [0.25, 0.3) is 0 Å². The molecular formula is C13H16N2O. The van der Waals surface area contributed by atoms with Gasteiger partial charge in [0.1, 0.15) is 5.75 Å². The van der Waals surface area contributed by atoms with Crippen LogP contribution in [0.25, 0.3) is 10.9 Å². The van der Waals surface area contributed by atoms with Gasteiger partial charge in [-0.25, -0.2) is 0 Å². The van der Waals surface area contributed by atoms with Crippen molar-refractivity contribution < 1.29 is 4.74 Å². The molecular weight excluding hydrogens is 200 g/mol. The molecule has 0 unspecified atom stereocenters. The molecule has 0 atom stereocenters. The molecule has 2 aromatic rings. The van der Waals surface area contributed by atoms with Gasteiger partial charge in [-0.3, -0.25) is 0 Å². The summed E-state index contributed by atoms with van der Waals surface area (Å²) >= 11 is 0. The summed E-state index contributed by atoms with van der Waals surface area (Å²) in [5.41, 5.74) is 9.46. The average molecular weight is 216 g/mol. The number of aryl methyl sites for hydroxylation is 1. The number of benzene rings is 1. The first kappa shape index (κ1) is 9.73. The maximum Gasteiger partial charge on any atom is 0.127 e. The second kappa shape index (κ2) is 3.83. The van der Waals surface area contributed by atoms with Crippen LogP contribution in [0, 0.1) is 0 Å². The first-order valence-corrected chi connectivity index (χ1v) is 5.85. The van der Waals surface area contributed by atoms with E-state index in [1.54, 1.807) is 0 Å². The molecule has 3 nitrogen and oxygen atoms in total. The van der Waals surface area contributed by atoms with E-state index in [9.17, 15) is 0 Å². The van der Waals surface area contributed by atoms with Crippen molar-refractivity contribution in [3.05, 3.63) is 29.5 Å². The van der Waals surface area contributed by atoms with Crippen molar-refractivity contribution in [1.82, 2.24) is 4.98 Å². The summed E-state index contributed by atoms with van der Waals surface area (Å²) in [6, 6.07) is 4.35. The molecule has 0 bridgehead atoms. The van der Waals surface area contributed by atoms with Crippen molar-refractivity contribution in [2.24, 2.45) is 5.73 Å². The summed E-state index contributed by atoms with van der Waals surface area (Å²) in [6.45, 7) is 1.54. The zero-order chi connectivity index (χ0) is 11.0. The van der Waals surface area contributed by atoms with Crippen molar-refractivity contribution in [2.75, 3.05) is 13.2 Å². The first-order chi connectivity index (χ1) is 7.90. The molecule has 0 amide bonds. The van der Waals surface area contributed by atoms with E-state index in [-0.39, 0.29) is 0 Å². The van der Waals surface area contributed by atoms with Crippen LogP contribution >= 0.6 is 0 Å². The molecule has 16 heavy (non-hydrogen) atoms. The van der Waals surface area contributed by atoms with Crippen LogP contribution in [0.15, 0.2) is 18.3 Å². The Balaban J connectivity index is 2.13. The van der Waals surface area contributed by atoms with Gasteiger partial charge in [-0.2, -0.15) is 0 Å². The topological polar surface area (TPSA) is 51.0 Å². The van der Waals surface area contributed by atoms with Crippen LogP contribution in [0.3, 0.4) is 0 Å². The Labute approximate surface area is 94.6 Å². The first-order valence-electron chi connectivity index (χ1n) is 5.85. The SMILES string of the molecule is NCCCc1cc2cc[nH]c2c2c1OCC2. The van der Waals surface area contributed by atoms with E-state index in [4.69, 9.17) is 10.5 Å². The predicted octanol–water partition coefficient (Wildman–Crippen LogP) is 1.99. The van der Waals surface area contributed by atoms with E-state index < -0.39 is 0 Å². The van der Waals surface area contributed by atoms with E-state index in [1.807, 2.05) is 6.20 Å². The Bertz CT molecular complexity index is 516. The van der Waals surface area contributed by atoms with Crippen molar-refractivity contribution in [2.45, 2.75) is 19.3 Å². The number of nitrogens with one attached hydrogen (secondary N) is 1. The minimum absolute atomic E-state index is 0.736. The molecule has 3 N–H and O–H groups in total. The van der Waals surface area contributed by atoms with Gasteiger partial charge in [0.2, 0.25) is 0 Å². The number of hydrogen-bond acceptors (Lipinski definition) is 2. The molecule has 3 heteroatoms. The Kier molecular flexibility index (Phi) is 2.33. The minimum Gasteiger partial charge on any atom is -0.493 e. The lowest BCUT2D eigenvalue weighted by Gasteiger charge is -2.08. The third-order valence-corrected chi connectivity index (χ3v) is 3.23. The third kappa shape index (κ3) is 1.39. The fourth-order valence-corrected chi connectivity index (χ4v) is 2.48. The van der Waals surface area contributed by atoms with Crippen molar-refractivity contribution in [3.63, 3.8) is 0 Å². The van der Waals surface area contributed by atoms with Crippen LogP contribution in [-0.2, 0) is 12.8 Å². The zero-order valence-corrected chi connectivity index (χ0v) is 9.25. The van der Waals surface area contributed by atoms with Crippen LogP contribution in [0.4, 0.5) is 0 Å². The maximum atomic E-state index is 5.74. The maximum absolute atomic E-state index is 5.74. The average Bonchev–Trinajstić information content (AvgIpc) is 2.92. The molecule has 0 aliphatic carbocycles. The number of aromatic amines is 1. The number of nitrogens with two attached hydrogens (primary N) is 1. The Morgan fingerprint density at radius 2 is 2.38 bits per heavy atom. The molecule has 0 fully saturated rings. The zero-order valence-electron chi connectivity index (χ0n) is 9.25. The van der Waals surface area contributed by atoms with Gasteiger partial charge in [-0.15, -0.1) is 0 Å². The van der Waals surface area contributed by atoms with Crippen LogP contribution in [0.5, 0.6) is 5.75 Å². The summed E-state index contributed by atoms with van der Waals surface area (Å²) < 4.78 is 5.74. The van der Waals surface area contributed by atoms with E-state index >= 15 is 0 Å². The lowest BCUT2D eigenvalue weighted by atomic mass is 10.0. The Morgan fingerprint density at radius 1 is 1.44 bits per heavy atom. The van der Waals surface area contributed by atoms with Gasteiger partial charge in [0.05, 0.1) is 12.1 Å². The number of ether oxygens (including phenoxy) is 1. The van der Waals surface area contributed by atoms with Gasteiger partial charge < -0.3 is 15.5 Å². The minimum atomic E-state index is 0.736. The molecule has 0 spiro atoms. The molecule has 2 heterocycles. The molecule has 0 radical (unpaired) electrons. The highest BCUT2D eigenvalue weighted by molar-refractivity contribution is 5.86. The van der Waals surface area contributed by atoms with E-state index in [1.165, 1.54) is 22.0 Å². The van der Waals surface area contributed by atoms with E-state index in [0.717, 1.165) is 38.2 Å². The third-order valence-electron chi connectivity index (χ3n) is 3.23. The number of aromatic nitrogens is 1. The van der Waals surface area contributed by atoms with Crippen LogP contribution in [0.1, 0.15) is 17.5 Å². The van der Waals surface area contributed by atoms with Crippen LogP contribution in [-0.4, -0.2) is 18.1 Å². The normalized spacial score (nSPS) is 14.1. The number of rotatable bonds is 3. The van der Waals surface area contributed by atoms with Gasteiger partial charge in [0, 0.05) is 23.6 Å². The summed E-state index contributed by atoms with van der Waals surface area (Å²) in [5.74, 6) is 1.10. The van der Waals surface area contributed by atoms with Crippen molar-refractivity contribution >= 4 is 10.9 Å². The molecule has 0 saturated heterocycles. The number of fused-ring (bicyclic) bond motifs is 3. The predicted molar refractivity (Wildman–Crippen MR) is 64.9 cm³/mol.